The highest BCUT2D eigenvalue weighted by Crippen LogP contribution is 2.44. The van der Waals surface area contributed by atoms with Crippen LogP contribution < -0.4 is 0 Å². The Balaban J connectivity index is 0.000000293. The van der Waals surface area contributed by atoms with Crippen molar-refractivity contribution in [1.82, 2.24) is 0 Å². The number of rotatable bonds is 0. The molecule has 0 bridgehead atoms. The predicted octanol–water partition coefficient (Wildman–Crippen LogP) is 1.19. The fourth-order valence-corrected chi connectivity index (χ4v) is 2.06. The van der Waals surface area contributed by atoms with Gasteiger partial charge in [-0.15, -0.1) is 0 Å². The molecule has 0 N–H and O–H groups in total. The van der Waals surface area contributed by atoms with Crippen LogP contribution in [-0.4, -0.2) is 47.3 Å². The standard InChI is InChI=1S/C6H11O4P.C2H6O/c1-11-9-4-6(5-10-11)2-7-8-3-6;1-3-2/h2-5H2,1H3;1-2H3. The molecular formula is C8H17O5P. The van der Waals surface area contributed by atoms with Crippen LogP contribution in [-0.2, 0) is 23.6 Å². The Morgan fingerprint density at radius 1 is 1.00 bits per heavy atom. The molecule has 0 aromatic carbocycles. The van der Waals surface area contributed by atoms with Crippen LogP contribution in [0.5, 0.6) is 0 Å². The van der Waals surface area contributed by atoms with E-state index in [9.17, 15) is 0 Å². The number of ether oxygens (including phenoxy) is 1. The molecule has 6 heteroatoms. The highest BCUT2D eigenvalue weighted by Gasteiger charge is 2.41. The van der Waals surface area contributed by atoms with Crippen molar-refractivity contribution in [3.63, 3.8) is 0 Å². The van der Waals surface area contributed by atoms with Crippen molar-refractivity contribution in [2.24, 2.45) is 5.41 Å². The van der Waals surface area contributed by atoms with Gasteiger partial charge in [0.05, 0.1) is 31.8 Å². The van der Waals surface area contributed by atoms with Crippen LogP contribution in [0, 0.1) is 5.41 Å². The Labute approximate surface area is 85.5 Å². The Morgan fingerprint density at radius 2 is 1.43 bits per heavy atom. The van der Waals surface area contributed by atoms with Crippen molar-refractivity contribution < 1.29 is 23.6 Å². The first-order valence-electron chi connectivity index (χ1n) is 4.36. The summed E-state index contributed by atoms with van der Waals surface area (Å²) < 4.78 is 15.0. The van der Waals surface area contributed by atoms with Crippen LogP contribution >= 0.6 is 8.38 Å². The van der Waals surface area contributed by atoms with Gasteiger partial charge < -0.3 is 13.8 Å². The molecule has 2 saturated heterocycles. The second kappa shape index (κ2) is 5.95. The predicted molar refractivity (Wildman–Crippen MR) is 52.0 cm³/mol. The summed E-state index contributed by atoms with van der Waals surface area (Å²) in [6.45, 7) is 4.55. The fourth-order valence-electron chi connectivity index (χ4n) is 1.08. The summed E-state index contributed by atoms with van der Waals surface area (Å²) in [5.74, 6) is 0. The first-order chi connectivity index (χ1) is 6.72. The Bertz CT molecular complexity index is 150. The quantitative estimate of drug-likeness (QED) is 0.457. The zero-order valence-corrected chi connectivity index (χ0v) is 9.71. The van der Waals surface area contributed by atoms with Crippen molar-refractivity contribution >= 4 is 8.38 Å². The average Bonchev–Trinajstić information content (AvgIpc) is 2.61. The summed E-state index contributed by atoms with van der Waals surface area (Å²) in [5.41, 5.74) is -0.0190. The molecular weight excluding hydrogens is 207 g/mol. The number of methoxy groups -OCH3 is 1. The summed E-state index contributed by atoms with van der Waals surface area (Å²) in [7, 11) is 2.61. The summed E-state index contributed by atoms with van der Waals surface area (Å²) in [5, 5.41) is 0. The highest BCUT2D eigenvalue weighted by atomic mass is 31.2. The molecule has 2 rings (SSSR count). The third-order valence-corrected chi connectivity index (χ3v) is 2.90. The van der Waals surface area contributed by atoms with Crippen LogP contribution in [0.1, 0.15) is 0 Å². The van der Waals surface area contributed by atoms with E-state index in [1.807, 2.05) is 6.66 Å². The molecule has 2 aliphatic rings. The van der Waals surface area contributed by atoms with Crippen LogP contribution in [0.2, 0.25) is 0 Å². The normalized spacial score (nSPS) is 25.9. The van der Waals surface area contributed by atoms with Gasteiger partial charge in [-0.2, -0.15) is 0 Å². The Kier molecular flexibility index (Phi) is 5.23. The van der Waals surface area contributed by atoms with Gasteiger partial charge in [-0.3, -0.25) is 0 Å². The van der Waals surface area contributed by atoms with Gasteiger partial charge in [-0.25, -0.2) is 9.78 Å². The lowest BCUT2D eigenvalue weighted by atomic mass is 9.93. The van der Waals surface area contributed by atoms with Gasteiger partial charge in [-0.1, -0.05) is 0 Å². The van der Waals surface area contributed by atoms with E-state index < -0.39 is 8.38 Å². The lowest BCUT2D eigenvalue weighted by Crippen LogP contribution is -2.37. The van der Waals surface area contributed by atoms with Gasteiger partial charge in [0.25, 0.3) is 0 Å². The molecule has 5 nitrogen and oxygen atoms in total. The molecule has 2 heterocycles. The number of hydrogen-bond acceptors (Lipinski definition) is 5. The van der Waals surface area contributed by atoms with Crippen molar-refractivity contribution in [2.75, 3.05) is 47.3 Å². The van der Waals surface area contributed by atoms with E-state index in [0.29, 0.717) is 26.4 Å². The minimum absolute atomic E-state index is 0.0190. The minimum Gasteiger partial charge on any atom is -0.388 e. The third kappa shape index (κ3) is 3.42. The second-order valence-electron chi connectivity index (χ2n) is 3.42. The minimum atomic E-state index is -0.645. The van der Waals surface area contributed by atoms with Crippen molar-refractivity contribution in [3.05, 3.63) is 0 Å². The largest absolute Gasteiger partial charge is 0.388 e. The molecule has 0 aliphatic carbocycles. The maximum absolute atomic E-state index is 5.40. The van der Waals surface area contributed by atoms with Crippen molar-refractivity contribution in [2.45, 2.75) is 0 Å². The van der Waals surface area contributed by atoms with Gasteiger partial charge in [-0.05, 0) is 0 Å². The maximum Gasteiger partial charge on any atom is 0.167 e. The average molecular weight is 224 g/mol. The second-order valence-corrected chi connectivity index (χ2v) is 4.81. The molecule has 2 fully saturated rings. The molecule has 1 spiro atoms. The van der Waals surface area contributed by atoms with Gasteiger partial charge in [0.15, 0.2) is 8.38 Å². The topological polar surface area (TPSA) is 46.2 Å². The van der Waals surface area contributed by atoms with Crippen LogP contribution in [0.15, 0.2) is 0 Å². The SMILES string of the molecule is COC.CP1OCC2(COOC2)CO1. The van der Waals surface area contributed by atoms with E-state index in [1.54, 1.807) is 14.2 Å². The first-order valence-corrected chi connectivity index (χ1v) is 5.99. The molecule has 14 heavy (non-hydrogen) atoms. The Hall–Kier alpha value is 0.230. The van der Waals surface area contributed by atoms with E-state index in [0.717, 1.165) is 0 Å². The lowest BCUT2D eigenvalue weighted by molar-refractivity contribution is -0.248. The Morgan fingerprint density at radius 3 is 1.86 bits per heavy atom. The van der Waals surface area contributed by atoms with E-state index in [2.05, 4.69) is 4.74 Å². The molecule has 0 saturated carbocycles. The highest BCUT2D eigenvalue weighted by molar-refractivity contribution is 7.46. The van der Waals surface area contributed by atoms with Gasteiger partial charge in [0.2, 0.25) is 0 Å². The molecule has 0 amide bonds. The zero-order chi connectivity index (χ0) is 10.4. The van der Waals surface area contributed by atoms with Crippen molar-refractivity contribution in [1.29, 1.82) is 0 Å². The zero-order valence-electron chi connectivity index (χ0n) is 8.82. The van der Waals surface area contributed by atoms with Crippen molar-refractivity contribution in [3.8, 4) is 0 Å². The molecule has 84 valence electrons. The van der Waals surface area contributed by atoms with E-state index in [4.69, 9.17) is 18.8 Å². The van der Waals surface area contributed by atoms with E-state index in [1.165, 1.54) is 0 Å². The lowest BCUT2D eigenvalue weighted by Gasteiger charge is -2.32. The van der Waals surface area contributed by atoms with Gasteiger partial charge in [0, 0.05) is 20.9 Å². The monoisotopic (exact) mass is 224 g/mol. The molecule has 0 aromatic rings. The molecule has 0 unspecified atom stereocenters. The summed E-state index contributed by atoms with van der Waals surface area (Å²) in [4.78, 5) is 9.64. The maximum atomic E-state index is 5.40. The van der Waals surface area contributed by atoms with E-state index >= 15 is 0 Å². The molecule has 0 radical (unpaired) electrons. The first kappa shape index (κ1) is 12.3. The smallest absolute Gasteiger partial charge is 0.167 e. The number of hydrogen-bond donors (Lipinski definition) is 0. The summed E-state index contributed by atoms with van der Waals surface area (Å²) in [6.07, 6.45) is 0. The van der Waals surface area contributed by atoms with Crippen LogP contribution in [0.4, 0.5) is 0 Å². The van der Waals surface area contributed by atoms with Crippen LogP contribution in [0.3, 0.4) is 0 Å². The van der Waals surface area contributed by atoms with Crippen LogP contribution in [0.25, 0.3) is 0 Å². The summed E-state index contributed by atoms with van der Waals surface area (Å²) >= 11 is 0. The van der Waals surface area contributed by atoms with E-state index in [-0.39, 0.29) is 5.41 Å². The van der Waals surface area contributed by atoms with Gasteiger partial charge >= 0.3 is 0 Å². The fraction of sp³-hybridized carbons (Fsp3) is 1.00. The third-order valence-electron chi connectivity index (χ3n) is 1.92. The molecule has 0 aromatic heterocycles. The van der Waals surface area contributed by atoms with Gasteiger partial charge in [0.1, 0.15) is 0 Å². The summed E-state index contributed by atoms with van der Waals surface area (Å²) in [6, 6.07) is 0. The molecule has 0 atom stereocenters. The molecule has 2 aliphatic heterocycles.